The highest BCUT2D eigenvalue weighted by molar-refractivity contribution is 5.43. The summed E-state index contributed by atoms with van der Waals surface area (Å²) in [6, 6.07) is 9.57. The van der Waals surface area contributed by atoms with Crippen molar-refractivity contribution >= 4 is 0 Å². The predicted molar refractivity (Wildman–Crippen MR) is 103 cm³/mol. The molecule has 1 unspecified atom stereocenters. The van der Waals surface area contributed by atoms with Crippen molar-refractivity contribution in [3.8, 4) is 5.75 Å². The van der Waals surface area contributed by atoms with Crippen LogP contribution in [0.3, 0.4) is 0 Å². The highest BCUT2D eigenvalue weighted by atomic mass is 19.1. The fourth-order valence-electron chi connectivity index (χ4n) is 3.99. The largest absolute Gasteiger partial charge is 0.507 e. The molecule has 4 nitrogen and oxygen atoms in total. The lowest BCUT2D eigenvalue weighted by Crippen LogP contribution is -2.47. The number of piperidine rings is 1. The minimum atomic E-state index is -0.958. The van der Waals surface area contributed by atoms with Crippen molar-refractivity contribution in [3.05, 3.63) is 64.5 Å². The zero-order valence-corrected chi connectivity index (χ0v) is 16.1. The zero-order valence-electron chi connectivity index (χ0n) is 16.1. The molecule has 146 valence electrons. The van der Waals surface area contributed by atoms with Crippen LogP contribution in [0.4, 0.5) is 4.39 Å². The average molecular weight is 373 g/mol. The molecule has 1 aliphatic rings. The topological polar surface area (TPSA) is 63.9 Å². The first-order valence-corrected chi connectivity index (χ1v) is 9.42. The molecule has 2 aromatic rings. The molecule has 3 rings (SSSR count). The highest BCUT2D eigenvalue weighted by Crippen LogP contribution is 2.35. The maximum Gasteiger partial charge on any atom is 0.123 e. The normalized spacial score (nSPS) is 19.6. The first kappa shape index (κ1) is 19.8. The Labute approximate surface area is 159 Å². The van der Waals surface area contributed by atoms with Gasteiger partial charge in [-0.1, -0.05) is 12.1 Å². The van der Waals surface area contributed by atoms with E-state index in [9.17, 15) is 19.7 Å². The summed E-state index contributed by atoms with van der Waals surface area (Å²) < 4.78 is 13.1. The molecular weight excluding hydrogens is 345 g/mol. The minimum Gasteiger partial charge on any atom is -0.507 e. The number of benzene rings is 2. The van der Waals surface area contributed by atoms with Gasteiger partial charge in [0.15, 0.2) is 0 Å². The van der Waals surface area contributed by atoms with Gasteiger partial charge in [0.25, 0.3) is 0 Å². The van der Waals surface area contributed by atoms with Crippen molar-refractivity contribution in [3.63, 3.8) is 0 Å². The molecule has 1 saturated heterocycles. The van der Waals surface area contributed by atoms with Crippen LogP contribution in [0, 0.1) is 19.7 Å². The minimum absolute atomic E-state index is 0.119. The van der Waals surface area contributed by atoms with E-state index in [0.717, 1.165) is 22.3 Å². The summed E-state index contributed by atoms with van der Waals surface area (Å²) in [5.74, 6) is -0.0445. The van der Waals surface area contributed by atoms with E-state index >= 15 is 0 Å². The second-order valence-electron chi connectivity index (χ2n) is 7.76. The van der Waals surface area contributed by atoms with Gasteiger partial charge in [0.2, 0.25) is 0 Å². The number of rotatable bonds is 4. The summed E-state index contributed by atoms with van der Waals surface area (Å²) in [5.41, 5.74) is 2.07. The molecule has 3 N–H and O–H groups in total. The molecule has 1 fully saturated rings. The highest BCUT2D eigenvalue weighted by Gasteiger charge is 2.36. The van der Waals surface area contributed by atoms with Crippen molar-refractivity contribution in [2.24, 2.45) is 0 Å². The van der Waals surface area contributed by atoms with Crippen LogP contribution in [0.2, 0.25) is 0 Å². The lowest BCUT2D eigenvalue weighted by molar-refractivity contribution is -0.0502. The van der Waals surface area contributed by atoms with E-state index in [1.807, 2.05) is 32.9 Å². The number of hydrogen-bond acceptors (Lipinski definition) is 4. The van der Waals surface area contributed by atoms with Crippen LogP contribution in [0.1, 0.15) is 48.1 Å². The summed E-state index contributed by atoms with van der Waals surface area (Å²) in [6.45, 7) is 6.91. The maximum atomic E-state index is 13.1. The van der Waals surface area contributed by atoms with E-state index in [4.69, 9.17) is 0 Å². The first-order valence-electron chi connectivity index (χ1n) is 9.42. The molecule has 0 aliphatic carbocycles. The predicted octanol–water partition coefficient (Wildman–Crippen LogP) is 3.55. The summed E-state index contributed by atoms with van der Waals surface area (Å²) >= 11 is 0. The van der Waals surface area contributed by atoms with E-state index in [2.05, 4.69) is 4.90 Å². The fraction of sp³-hybridized carbons (Fsp3) is 0.455. The van der Waals surface area contributed by atoms with Gasteiger partial charge in [-0.3, -0.25) is 4.90 Å². The monoisotopic (exact) mass is 373 g/mol. The molecule has 5 heteroatoms. The van der Waals surface area contributed by atoms with Gasteiger partial charge in [-0.25, -0.2) is 4.39 Å². The Bertz CT molecular complexity index is 775. The number of aliphatic hydroxyl groups excluding tert-OH is 1. The van der Waals surface area contributed by atoms with Crippen LogP contribution >= 0.6 is 0 Å². The Balaban J connectivity index is 1.69. The molecule has 2 atom stereocenters. The van der Waals surface area contributed by atoms with Crippen molar-refractivity contribution in [1.29, 1.82) is 0 Å². The number of phenols is 1. The van der Waals surface area contributed by atoms with Gasteiger partial charge in [0, 0.05) is 19.1 Å². The standard InChI is InChI=1S/C22H28FNO3/c1-14-12-17(13-15(2)20(14)25)21(26)16(3)24-10-8-22(27,9-11-24)18-4-6-19(23)7-5-18/h4-7,12-13,16,21,25-27H,8-11H2,1-3H3/t16-,21?/m1/s1. The molecule has 0 spiro atoms. The molecule has 0 bridgehead atoms. The molecule has 0 aromatic heterocycles. The summed E-state index contributed by atoms with van der Waals surface area (Å²) in [4.78, 5) is 2.17. The van der Waals surface area contributed by atoms with Crippen LogP contribution in [-0.4, -0.2) is 39.4 Å². The Hall–Kier alpha value is -1.95. The second-order valence-corrected chi connectivity index (χ2v) is 7.76. The average Bonchev–Trinajstić information content (AvgIpc) is 2.65. The van der Waals surface area contributed by atoms with Gasteiger partial charge < -0.3 is 15.3 Å². The van der Waals surface area contributed by atoms with Gasteiger partial charge in [0.1, 0.15) is 11.6 Å². The molecule has 0 saturated carbocycles. The molecule has 1 heterocycles. The van der Waals surface area contributed by atoms with Crippen LogP contribution in [0.25, 0.3) is 0 Å². The van der Waals surface area contributed by atoms with E-state index in [1.165, 1.54) is 12.1 Å². The molecule has 1 aliphatic heterocycles. The van der Waals surface area contributed by atoms with E-state index in [1.54, 1.807) is 12.1 Å². The Morgan fingerprint density at radius 1 is 1.04 bits per heavy atom. The van der Waals surface area contributed by atoms with Crippen LogP contribution in [0.15, 0.2) is 36.4 Å². The number of aryl methyl sites for hydroxylation is 2. The number of aromatic hydroxyl groups is 1. The van der Waals surface area contributed by atoms with Crippen molar-refractivity contribution in [2.45, 2.75) is 51.4 Å². The third-order valence-electron chi connectivity index (χ3n) is 5.89. The number of hydrogen-bond donors (Lipinski definition) is 3. The second kappa shape index (κ2) is 7.58. The van der Waals surface area contributed by atoms with Gasteiger partial charge in [-0.2, -0.15) is 0 Å². The molecule has 2 aromatic carbocycles. The van der Waals surface area contributed by atoms with E-state index in [-0.39, 0.29) is 17.6 Å². The fourth-order valence-corrected chi connectivity index (χ4v) is 3.99. The van der Waals surface area contributed by atoms with Crippen molar-refractivity contribution < 1.29 is 19.7 Å². The lowest BCUT2D eigenvalue weighted by Gasteiger charge is -2.42. The Morgan fingerprint density at radius 2 is 1.56 bits per heavy atom. The number of aliphatic hydroxyl groups is 2. The van der Waals surface area contributed by atoms with Crippen molar-refractivity contribution in [2.75, 3.05) is 13.1 Å². The van der Waals surface area contributed by atoms with E-state index in [0.29, 0.717) is 25.9 Å². The van der Waals surface area contributed by atoms with Crippen LogP contribution < -0.4 is 0 Å². The number of likely N-dealkylation sites (tertiary alicyclic amines) is 1. The number of phenolic OH excluding ortho intramolecular Hbond substituents is 1. The maximum absolute atomic E-state index is 13.1. The van der Waals surface area contributed by atoms with Crippen LogP contribution in [0.5, 0.6) is 5.75 Å². The lowest BCUT2D eigenvalue weighted by atomic mass is 9.83. The quantitative estimate of drug-likeness (QED) is 0.767. The van der Waals surface area contributed by atoms with Gasteiger partial charge >= 0.3 is 0 Å². The molecule has 0 radical (unpaired) electrons. The van der Waals surface area contributed by atoms with Gasteiger partial charge in [-0.15, -0.1) is 0 Å². The zero-order chi connectivity index (χ0) is 19.8. The van der Waals surface area contributed by atoms with E-state index < -0.39 is 11.7 Å². The Kier molecular flexibility index (Phi) is 5.56. The smallest absolute Gasteiger partial charge is 0.123 e. The third-order valence-corrected chi connectivity index (χ3v) is 5.89. The number of halogens is 1. The summed E-state index contributed by atoms with van der Waals surface area (Å²) in [5, 5.41) is 31.7. The molecule has 0 amide bonds. The summed E-state index contributed by atoms with van der Waals surface area (Å²) in [7, 11) is 0. The SMILES string of the molecule is Cc1cc(C(O)[C@@H](C)N2CCC(O)(c3ccc(F)cc3)CC2)cc(C)c1O. The molecule has 27 heavy (non-hydrogen) atoms. The molecular formula is C22H28FNO3. The summed E-state index contributed by atoms with van der Waals surface area (Å²) in [6.07, 6.45) is 0.382. The number of nitrogens with zero attached hydrogens (tertiary/aromatic N) is 1. The van der Waals surface area contributed by atoms with Gasteiger partial charge in [-0.05, 0) is 80.1 Å². The third kappa shape index (κ3) is 4.00. The first-order chi connectivity index (χ1) is 12.7. The van der Waals surface area contributed by atoms with Crippen LogP contribution in [-0.2, 0) is 5.60 Å². The van der Waals surface area contributed by atoms with Gasteiger partial charge in [0.05, 0.1) is 11.7 Å². The van der Waals surface area contributed by atoms with Crippen molar-refractivity contribution in [1.82, 2.24) is 4.90 Å². The Morgan fingerprint density at radius 3 is 2.07 bits per heavy atom.